The fraction of sp³-hybridized carbons (Fsp3) is 1.00. The van der Waals surface area contributed by atoms with Crippen LogP contribution in [-0.2, 0) is 10.0 Å². The topological polar surface area (TPSA) is 75.4 Å². The minimum atomic E-state index is -3.06. The molecular formula is C9H22ClN3O2S. The molecule has 0 saturated heterocycles. The van der Waals surface area contributed by atoms with Crippen LogP contribution in [0.3, 0.4) is 0 Å². The van der Waals surface area contributed by atoms with Gasteiger partial charge in [0.1, 0.15) is 0 Å². The molecule has 0 aliphatic heterocycles. The van der Waals surface area contributed by atoms with Crippen LogP contribution in [0, 0.1) is 5.92 Å². The molecule has 0 aromatic carbocycles. The highest BCUT2D eigenvalue weighted by atomic mass is 35.5. The maximum atomic E-state index is 10.8. The maximum Gasteiger partial charge on any atom is 0.208 e. The summed E-state index contributed by atoms with van der Waals surface area (Å²) in [5.41, 5.74) is 5.69. The molecule has 3 N–H and O–H groups in total. The van der Waals surface area contributed by atoms with Gasteiger partial charge in [-0.15, -0.1) is 12.4 Å². The summed E-state index contributed by atoms with van der Waals surface area (Å²) in [5.74, 6) is 0.721. The Morgan fingerprint density at radius 1 is 1.50 bits per heavy atom. The number of hydrogen-bond acceptors (Lipinski definition) is 4. The summed E-state index contributed by atoms with van der Waals surface area (Å²) in [7, 11) is -1.06. The average Bonchev–Trinajstić information content (AvgIpc) is 2.87. The largest absolute Gasteiger partial charge is 0.329 e. The van der Waals surface area contributed by atoms with Gasteiger partial charge in [0.05, 0.1) is 6.26 Å². The summed E-state index contributed by atoms with van der Waals surface area (Å²) in [6.07, 6.45) is 3.69. The zero-order valence-corrected chi connectivity index (χ0v) is 11.5. The molecule has 1 unspecified atom stereocenters. The average molecular weight is 272 g/mol. The lowest BCUT2D eigenvalue weighted by molar-refractivity contribution is 0.227. The second-order valence-corrected chi connectivity index (χ2v) is 6.12. The van der Waals surface area contributed by atoms with E-state index in [-0.39, 0.29) is 12.4 Å². The van der Waals surface area contributed by atoms with Crippen molar-refractivity contribution in [2.75, 3.05) is 32.9 Å². The summed E-state index contributed by atoms with van der Waals surface area (Å²) < 4.78 is 24.2. The van der Waals surface area contributed by atoms with E-state index in [1.54, 1.807) is 0 Å². The van der Waals surface area contributed by atoms with Crippen molar-refractivity contribution in [1.29, 1.82) is 0 Å². The van der Waals surface area contributed by atoms with Gasteiger partial charge in [-0.05, 0) is 25.8 Å². The molecule has 1 aliphatic carbocycles. The highest BCUT2D eigenvalue weighted by molar-refractivity contribution is 7.88. The SMILES string of the molecule is CN(CCNS(C)(=O)=O)C(CN)C1CC1.Cl. The summed E-state index contributed by atoms with van der Waals surface area (Å²) in [4.78, 5) is 2.15. The molecule has 7 heteroatoms. The molecule has 5 nitrogen and oxygen atoms in total. The molecule has 0 aromatic heterocycles. The molecule has 0 bridgehead atoms. The first-order valence-corrected chi connectivity index (χ1v) is 7.18. The van der Waals surface area contributed by atoms with Crippen molar-refractivity contribution in [1.82, 2.24) is 9.62 Å². The van der Waals surface area contributed by atoms with Crippen LogP contribution in [0.25, 0.3) is 0 Å². The Kier molecular flexibility index (Phi) is 6.81. The third kappa shape index (κ3) is 6.00. The van der Waals surface area contributed by atoms with E-state index in [0.717, 1.165) is 5.92 Å². The normalized spacial score (nSPS) is 18.2. The molecule has 1 fully saturated rings. The van der Waals surface area contributed by atoms with E-state index in [1.165, 1.54) is 19.1 Å². The number of nitrogens with one attached hydrogen (secondary N) is 1. The van der Waals surface area contributed by atoms with E-state index in [2.05, 4.69) is 9.62 Å². The Bertz CT molecular complexity index is 293. The summed E-state index contributed by atoms with van der Waals surface area (Å²) in [6.45, 7) is 1.82. The van der Waals surface area contributed by atoms with Gasteiger partial charge in [-0.1, -0.05) is 0 Å². The lowest BCUT2D eigenvalue weighted by atomic mass is 10.1. The third-order valence-corrected chi connectivity index (χ3v) is 3.53. The molecule has 98 valence electrons. The van der Waals surface area contributed by atoms with Crippen molar-refractivity contribution < 1.29 is 8.42 Å². The predicted molar refractivity (Wildman–Crippen MR) is 68.3 cm³/mol. The van der Waals surface area contributed by atoms with Crippen molar-refractivity contribution >= 4 is 22.4 Å². The zero-order valence-electron chi connectivity index (χ0n) is 9.85. The summed E-state index contributed by atoms with van der Waals surface area (Å²) in [5, 5.41) is 0. The van der Waals surface area contributed by atoms with E-state index in [9.17, 15) is 8.42 Å². The van der Waals surface area contributed by atoms with E-state index in [1.807, 2.05) is 7.05 Å². The number of nitrogens with two attached hydrogens (primary N) is 1. The van der Waals surface area contributed by atoms with E-state index in [0.29, 0.717) is 25.7 Å². The van der Waals surface area contributed by atoms with Gasteiger partial charge in [-0.3, -0.25) is 0 Å². The molecule has 0 spiro atoms. The molecule has 0 amide bonds. The van der Waals surface area contributed by atoms with Crippen LogP contribution in [-0.4, -0.2) is 52.3 Å². The number of sulfonamides is 1. The first-order chi connectivity index (χ1) is 6.94. The number of likely N-dealkylation sites (N-methyl/N-ethyl adjacent to an activating group) is 1. The maximum absolute atomic E-state index is 10.8. The van der Waals surface area contributed by atoms with E-state index >= 15 is 0 Å². The highest BCUT2D eigenvalue weighted by Gasteiger charge is 2.32. The number of halogens is 1. The second kappa shape index (κ2) is 6.76. The lowest BCUT2D eigenvalue weighted by Crippen LogP contribution is -2.43. The van der Waals surface area contributed by atoms with Crippen LogP contribution >= 0.6 is 12.4 Å². The third-order valence-electron chi connectivity index (χ3n) is 2.80. The molecular weight excluding hydrogens is 250 g/mol. The standard InChI is InChI=1S/C9H21N3O2S.ClH/c1-12(6-5-11-15(2,13)14)9(7-10)8-3-4-8;/h8-9,11H,3-7,10H2,1-2H3;1H. The second-order valence-electron chi connectivity index (χ2n) is 4.29. The van der Waals surface area contributed by atoms with Crippen molar-refractivity contribution in [3.63, 3.8) is 0 Å². The minimum absolute atomic E-state index is 0. The van der Waals surface area contributed by atoms with Crippen LogP contribution in [0.15, 0.2) is 0 Å². The fourth-order valence-electron chi connectivity index (χ4n) is 1.79. The van der Waals surface area contributed by atoms with Gasteiger partial charge in [-0.25, -0.2) is 13.1 Å². The van der Waals surface area contributed by atoms with Crippen molar-refractivity contribution in [3.05, 3.63) is 0 Å². The Morgan fingerprint density at radius 2 is 2.06 bits per heavy atom. The number of rotatable bonds is 7. The molecule has 1 aliphatic rings. The quantitative estimate of drug-likeness (QED) is 0.662. The van der Waals surface area contributed by atoms with Gasteiger partial charge < -0.3 is 10.6 Å². The molecule has 1 atom stereocenters. The zero-order chi connectivity index (χ0) is 11.5. The Morgan fingerprint density at radius 3 is 2.44 bits per heavy atom. The molecule has 1 saturated carbocycles. The van der Waals surface area contributed by atoms with Crippen molar-refractivity contribution in [2.45, 2.75) is 18.9 Å². The first-order valence-electron chi connectivity index (χ1n) is 5.29. The van der Waals surface area contributed by atoms with Crippen molar-refractivity contribution in [2.24, 2.45) is 11.7 Å². The van der Waals surface area contributed by atoms with Gasteiger partial charge in [0.2, 0.25) is 10.0 Å². The molecule has 1 rings (SSSR count). The highest BCUT2D eigenvalue weighted by Crippen LogP contribution is 2.34. The fourth-order valence-corrected chi connectivity index (χ4v) is 2.25. The molecule has 16 heavy (non-hydrogen) atoms. The van der Waals surface area contributed by atoms with Gasteiger partial charge in [0.25, 0.3) is 0 Å². The number of hydrogen-bond donors (Lipinski definition) is 2. The molecule has 0 heterocycles. The van der Waals surface area contributed by atoms with Crippen LogP contribution in [0.1, 0.15) is 12.8 Å². The van der Waals surface area contributed by atoms with Gasteiger partial charge in [0, 0.05) is 25.7 Å². The predicted octanol–water partition coefficient (Wildman–Crippen LogP) is -0.373. The van der Waals surface area contributed by atoms with Crippen LogP contribution in [0.2, 0.25) is 0 Å². The smallest absolute Gasteiger partial charge is 0.208 e. The Hall–Kier alpha value is 0.120. The Balaban J connectivity index is 0.00000225. The summed E-state index contributed by atoms with van der Waals surface area (Å²) >= 11 is 0. The van der Waals surface area contributed by atoms with Gasteiger partial charge >= 0.3 is 0 Å². The minimum Gasteiger partial charge on any atom is -0.329 e. The van der Waals surface area contributed by atoms with Gasteiger partial charge in [0.15, 0.2) is 0 Å². The van der Waals surface area contributed by atoms with E-state index < -0.39 is 10.0 Å². The van der Waals surface area contributed by atoms with Crippen molar-refractivity contribution in [3.8, 4) is 0 Å². The lowest BCUT2D eigenvalue weighted by Gasteiger charge is -2.26. The molecule has 0 radical (unpaired) electrons. The monoisotopic (exact) mass is 271 g/mol. The number of nitrogens with zero attached hydrogens (tertiary/aromatic N) is 1. The van der Waals surface area contributed by atoms with Crippen LogP contribution in [0.4, 0.5) is 0 Å². The van der Waals surface area contributed by atoms with Crippen LogP contribution < -0.4 is 10.5 Å². The Labute approximate surface area is 104 Å². The van der Waals surface area contributed by atoms with Gasteiger partial charge in [-0.2, -0.15) is 0 Å². The van der Waals surface area contributed by atoms with Crippen LogP contribution in [0.5, 0.6) is 0 Å². The summed E-state index contributed by atoms with van der Waals surface area (Å²) in [6, 6.07) is 0.409. The van der Waals surface area contributed by atoms with E-state index in [4.69, 9.17) is 5.73 Å². The molecule has 0 aromatic rings. The first kappa shape index (κ1) is 16.1.